The summed E-state index contributed by atoms with van der Waals surface area (Å²) in [6.45, 7) is 5.67. The number of aryl methyl sites for hydroxylation is 1. The van der Waals surface area contributed by atoms with Crippen LogP contribution in [0.4, 0.5) is 0 Å². The van der Waals surface area contributed by atoms with Gasteiger partial charge in [-0.1, -0.05) is 0 Å². The van der Waals surface area contributed by atoms with E-state index in [9.17, 15) is 4.79 Å². The van der Waals surface area contributed by atoms with E-state index in [0.29, 0.717) is 17.3 Å². The number of methoxy groups -OCH3 is 2. The third kappa shape index (κ3) is 4.28. The molecule has 5 nitrogen and oxygen atoms in total. The van der Waals surface area contributed by atoms with E-state index in [0.717, 1.165) is 11.1 Å². The number of rotatable bonds is 7. The average Bonchev–Trinajstić information content (AvgIpc) is 2.44. The fourth-order valence-corrected chi connectivity index (χ4v) is 2.95. The SMILES string of the molecule is COc1cc(C)c(CSC(C)(C)[C@@H](N)C(=O)O)cc1OC. The molecular weight excluding hydrogens is 290 g/mol. The molecule has 0 amide bonds. The van der Waals surface area contributed by atoms with Crippen molar-refractivity contribution in [3.8, 4) is 11.5 Å². The van der Waals surface area contributed by atoms with Crippen molar-refractivity contribution in [3.63, 3.8) is 0 Å². The lowest BCUT2D eigenvalue weighted by atomic mass is 10.1. The highest BCUT2D eigenvalue weighted by Crippen LogP contribution is 2.35. The number of thioether (sulfide) groups is 1. The summed E-state index contributed by atoms with van der Waals surface area (Å²) in [4.78, 5) is 11.0. The standard InChI is InChI=1S/C15H23NO4S/c1-9-6-11(19-4)12(20-5)7-10(9)8-21-15(2,3)13(16)14(17)18/h6-7,13H,8,16H2,1-5H3,(H,17,18)/t13-/m0/s1. The molecule has 6 heteroatoms. The summed E-state index contributed by atoms with van der Waals surface area (Å²) in [5.41, 5.74) is 7.87. The van der Waals surface area contributed by atoms with Crippen LogP contribution in [-0.4, -0.2) is 36.1 Å². The van der Waals surface area contributed by atoms with Gasteiger partial charge in [0.1, 0.15) is 6.04 Å². The van der Waals surface area contributed by atoms with E-state index < -0.39 is 16.8 Å². The summed E-state index contributed by atoms with van der Waals surface area (Å²) in [6, 6.07) is 2.92. The first-order chi connectivity index (χ1) is 9.72. The Bertz CT molecular complexity index is 517. The van der Waals surface area contributed by atoms with E-state index in [-0.39, 0.29) is 0 Å². The second-order valence-corrected chi connectivity index (χ2v) is 6.97. The Kier molecular flexibility index (Phi) is 5.92. The molecule has 0 fully saturated rings. The van der Waals surface area contributed by atoms with Gasteiger partial charge in [-0.3, -0.25) is 4.79 Å². The number of carboxylic acid groups (broad SMARTS) is 1. The zero-order valence-corrected chi connectivity index (χ0v) is 13.9. The first kappa shape index (κ1) is 17.7. The van der Waals surface area contributed by atoms with Gasteiger partial charge in [0, 0.05) is 10.5 Å². The minimum absolute atomic E-state index is 0.564. The van der Waals surface area contributed by atoms with Crippen molar-refractivity contribution >= 4 is 17.7 Å². The van der Waals surface area contributed by atoms with E-state index in [4.69, 9.17) is 20.3 Å². The van der Waals surface area contributed by atoms with E-state index >= 15 is 0 Å². The Morgan fingerprint density at radius 3 is 2.33 bits per heavy atom. The fourth-order valence-electron chi connectivity index (χ4n) is 1.83. The second kappa shape index (κ2) is 7.04. The Morgan fingerprint density at radius 1 is 1.33 bits per heavy atom. The van der Waals surface area contributed by atoms with Gasteiger partial charge in [0.05, 0.1) is 14.2 Å². The Labute approximate surface area is 129 Å². The van der Waals surface area contributed by atoms with Crippen molar-refractivity contribution in [2.45, 2.75) is 37.3 Å². The largest absolute Gasteiger partial charge is 0.493 e. The maximum absolute atomic E-state index is 11.0. The highest BCUT2D eigenvalue weighted by Gasteiger charge is 2.32. The maximum Gasteiger partial charge on any atom is 0.321 e. The number of hydrogen-bond acceptors (Lipinski definition) is 5. The first-order valence-electron chi connectivity index (χ1n) is 6.56. The summed E-state index contributed by atoms with van der Waals surface area (Å²) in [7, 11) is 3.19. The van der Waals surface area contributed by atoms with E-state index in [1.807, 2.05) is 32.9 Å². The minimum Gasteiger partial charge on any atom is -0.493 e. The van der Waals surface area contributed by atoms with Crippen LogP contribution in [0, 0.1) is 6.92 Å². The van der Waals surface area contributed by atoms with Crippen LogP contribution < -0.4 is 15.2 Å². The van der Waals surface area contributed by atoms with Gasteiger partial charge in [-0.25, -0.2) is 0 Å². The Hall–Kier alpha value is -1.40. The third-order valence-electron chi connectivity index (χ3n) is 3.46. The first-order valence-corrected chi connectivity index (χ1v) is 7.55. The molecule has 0 aromatic heterocycles. The summed E-state index contributed by atoms with van der Waals surface area (Å²) < 4.78 is 9.99. The number of hydrogen-bond donors (Lipinski definition) is 2. The molecule has 0 radical (unpaired) electrons. The van der Waals surface area contributed by atoms with Crippen molar-refractivity contribution in [1.29, 1.82) is 0 Å². The van der Waals surface area contributed by atoms with Gasteiger partial charge in [-0.05, 0) is 44.0 Å². The molecule has 1 atom stereocenters. The molecule has 21 heavy (non-hydrogen) atoms. The summed E-state index contributed by atoms with van der Waals surface area (Å²) in [5, 5.41) is 9.05. The smallest absolute Gasteiger partial charge is 0.321 e. The number of nitrogens with two attached hydrogens (primary N) is 1. The molecule has 0 aliphatic heterocycles. The zero-order valence-electron chi connectivity index (χ0n) is 13.1. The highest BCUT2D eigenvalue weighted by atomic mass is 32.2. The number of carbonyl (C=O) groups is 1. The zero-order chi connectivity index (χ0) is 16.2. The lowest BCUT2D eigenvalue weighted by Gasteiger charge is -2.28. The molecule has 0 aliphatic rings. The Balaban J connectivity index is 2.91. The molecule has 0 unspecified atom stereocenters. The molecule has 1 aromatic rings. The molecule has 0 saturated heterocycles. The number of aliphatic carboxylic acids is 1. The van der Waals surface area contributed by atoms with Crippen LogP contribution in [0.25, 0.3) is 0 Å². The predicted molar refractivity (Wildman–Crippen MR) is 85.3 cm³/mol. The molecule has 0 heterocycles. The van der Waals surface area contributed by atoms with Crippen LogP contribution >= 0.6 is 11.8 Å². The van der Waals surface area contributed by atoms with Gasteiger partial charge in [0.2, 0.25) is 0 Å². The summed E-state index contributed by atoms with van der Waals surface area (Å²) in [5.74, 6) is 1.01. The van der Waals surface area contributed by atoms with Crippen molar-refractivity contribution in [1.82, 2.24) is 0 Å². The van der Waals surface area contributed by atoms with E-state index in [2.05, 4.69) is 0 Å². The van der Waals surface area contributed by atoms with Gasteiger partial charge in [0.15, 0.2) is 11.5 Å². The minimum atomic E-state index is -0.989. The Morgan fingerprint density at radius 2 is 1.86 bits per heavy atom. The average molecular weight is 313 g/mol. The van der Waals surface area contributed by atoms with Gasteiger partial charge >= 0.3 is 5.97 Å². The molecule has 1 rings (SSSR count). The quantitative estimate of drug-likeness (QED) is 0.804. The van der Waals surface area contributed by atoms with Crippen LogP contribution in [0.15, 0.2) is 12.1 Å². The molecular formula is C15H23NO4S. The molecule has 0 saturated carbocycles. The lowest BCUT2D eigenvalue weighted by Crippen LogP contribution is -2.46. The third-order valence-corrected chi connectivity index (χ3v) is 4.91. The topological polar surface area (TPSA) is 81.8 Å². The van der Waals surface area contributed by atoms with Crippen LogP contribution in [0.5, 0.6) is 11.5 Å². The molecule has 1 aromatic carbocycles. The van der Waals surface area contributed by atoms with Crippen molar-refractivity contribution < 1.29 is 19.4 Å². The van der Waals surface area contributed by atoms with E-state index in [1.54, 1.807) is 14.2 Å². The maximum atomic E-state index is 11.0. The van der Waals surface area contributed by atoms with Gasteiger partial charge in [-0.15, -0.1) is 11.8 Å². The number of carboxylic acids is 1. The monoisotopic (exact) mass is 313 g/mol. The highest BCUT2D eigenvalue weighted by molar-refractivity contribution is 7.99. The molecule has 3 N–H and O–H groups in total. The molecule has 0 bridgehead atoms. The predicted octanol–water partition coefficient (Wildman–Crippen LogP) is 2.44. The van der Waals surface area contributed by atoms with Crippen molar-refractivity contribution in [3.05, 3.63) is 23.3 Å². The summed E-state index contributed by atoms with van der Waals surface area (Å²) >= 11 is 1.51. The van der Waals surface area contributed by atoms with Gasteiger partial charge < -0.3 is 20.3 Å². The van der Waals surface area contributed by atoms with Crippen LogP contribution in [0.2, 0.25) is 0 Å². The van der Waals surface area contributed by atoms with E-state index in [1.165, 1.54) is 11.8 Å². The second-order valence-electron chi connectivity index (χ2n) is 5.34. The normalized spacial score (nSPS) is 12.9. The van der Waals surface area contributed by atoms with Gasteiger partial charge in [-0.2, -0.15) is 0 Å². The van der Waals surface area contributed by atoms with Crippen LogP contribution in [0.3, 0.4) is 0 Å². The van der Waals surface area contributed by atoms with Gasteiger partial charge in [0.25, 0.3) is 0 Å². The number of ether oxygens (including phenoxy) is 2. The molecule has 0 spiro atoms. The number of benzene rings is 1. The summed E-state index contributed by atoms with van der Waals surface area (Å²) in [6.07, 6.45) is 0. The lowest BCUT2D eigenvalue weighted by molar-refractivity contribution is -0.139. The van der Waals surface area contributed by atoms with Crippen LogP contribution in [0.1, 0.15) is 25.0 Å². The van der Waals surface area contributed by atoms with Crippen LogP contribution in [-0.2, 0) is 10.5 Å². The molecule has 118 valence electrons. The fraction of sp³-hybridized carbons (Fsp3) is 0.533. The van der Waals surface area contributed by atoms with Crippen molar-refractivity contribution in [2.75, 3.05) is 14.2 Å². The van der Waals surface area contributed by atoms with Crippen molar-refractivity contribution in [2.24, 2.45) is 5.73 Å². The molecule has 0 aliphatic carbocycles.